The van der Waals surface area contributed by atoms with Crippen molar-refractivity contribution >= 4 is 28.3 Å². The van der Waals surface area contributed by atoms with Crippen LogP contribution in [0.15, 0.2) is 53.4 Å². The monoisotopic (exact) mass is 463 g/mol. The van der Waals surface area contributed by atoms with E-state index in [0.717, 1.165) is 73.4 Å². The van der Waals surface area contributed by atoms with Gasteiger partial charge in [0.2, 0.25) is 11.7 Å². The molecule has 4 aromatic rings. The van der Waals surface area contributed by atoms with Crippen molar-refractivity contribution in [2.24, 2.45) is 0 Å². The fourth-order valence-electron chi connectivity index (χ4n) is 4.65. The Labute approximate surface area is 197 Å². The number of pyridine rings is 1. The molecule has 170 valence electrons. The van der Waals surface area contributed by atoms with E-state index in [-0.39, 0.29) is 5.78 Å². The number of rotatable bonds is 7. The lowest BCUT2D eigenvalue weighted by Crippen LogP contribution is -2.34. The molecule has 33 heavy (non-hydrogen) atoms. The lowest BCUT2D eigenvalue weighted by atomic mass is 9.96. The molecule has 0 unspecified atom stereocenters. The van der Waals surface area contributed by atoms with E-state index in [1.165, 1.54) is 0 Å². The second-order valence-corrected chi connectivity index (χ2v) is 9.00. The van der Waals surface area contributed by atoms with Gasteiger partial charge in [-0.05, 0) is 64.0 Å². The van der Waals surface area contributed by atoms with Crippen molar-refractivity contribution in [2.45, 2.75) is 38.6 Å². The average Bonchev–Trinajstić information content (AvgIpc) is 3.47. The molecule has 0 radical (unpaired) electrons. The summed E-state index contributed by atoms with van der Waals surface area (Å²) in [4.78, 5) is 23.3. The molecular weight excluding hydrogens is 438 g/mol. The lowest BCUT2D eigenvalue weighted by molar-refractivity contribution is 0.101. The Morgan fingerprint density at radius 1 is 1.18 bits per heavy atom. The van der Waals surface area contributed by atoms with Gasteiger partial charge in [0.25, 0.3) is 0 Å². The number of aromatic nitrogens is 4. The number of nitrogens with zero attached hydrogens (tertiary/aromatic N) is 5. The van der Waals surface area contributed by atoms with Crippen LogP contribution in [0.3, 0.4) is 0 Å². The highest BCUT2D eigenvalue weighted by molar-refractivity contribution is 6.35. The second kappa shape index (κ2) is 9.45. The summed E-state index contributed by atoms with van der Waals surface area (Å²) in [5.74, 6) is 1.68. The minimum absolute atomic E-state index is 0.0656. The average molecular weight is 464 g/mol. The molecule has 0 saturated carbocycles. The molecule has 3 aromatic heterocycles. The van der Waals surface area contributed by atoms with Crippen molar-refractivity contribution in [3.05, 3.63) is 65.4 Å². The van der Waals surface area contributed by atoms with Crippen LogP contribution in [0.5, 0.6) is 0 Å². The van der Waals surface area contributed by atoms with E-state index in [2.05, 4.69) is 24.6 Å². The van der Waals surface area contributed by atoms with Crippen molar-refractivity contribution in [1.82, 2.24) is 24.6 Å². The normalized spacial score (nSPS) is 15.3. The fraction of sp³-hybridized carbons (Fsp3) is 0.360. The number of para-hydroxylation sites is 1. The molecule has 0 bridgehead atoms. The van der Waals surface area contributed by atoms with Crippen molar-refractivity contribution < 1.29 is 9.32 Å². The number of piperidine rings is 1. The molecule has 0 aliphatic carbocycles. The largest absolute Gasteiger partial charge is 0.345 e. The summed E-state index contributed by atoms with van der Waals surface area (Å²) in [5.41, 5.74) is 2.55. The highest BCUT2D eigenvalue weighted by Gasteiger charge is 2.25. The Bertz CT molecular complexity index is 1260. The summed E-state index contributed by atoms with van der Waals surface area (Å²) in [6, 6.07) is 9.55. The number of benzene rings is 1. The fourth-order valence-corrected chi connectivity index (χ4v) is 4.94. The minimum atomic E-state index is 0.0656. The number of fused-ring (bicyclic) bond motifs is 1. The first kappa shape index (κ1) is 21.8. The van der Waals surface area contributed by atoms with E-state index in [1.54, 1.807) is 19.3 Å². The maximum Gasteiger partial charge on any atom is 0.230 e. The second-order valence-electron chi connectivity index (χ2n) is 8.60. The van der Waals surface area contributed by atoms with Crippen LogP contribution in [0.2, 0.25) is 5.02 Å². The standard InChI is InChI=1S/C25H26ClN5O2/c1-17(32)21-16-31(23-20(21)6-2-7-22(23)26)12-4-11-30-13-8-18(9-14-30)25-28-24(29-33-25)19-5-3-10-27-15-19/h2-3,5-7,10,15-16,18H,4,8-9,11-14H2,1H3. The molecule has 8 heteroatoms. The number of likely N-dealkylation sites (tertiary alicyclic amines) is 1. The molecule has 0 atom stereocenters. The third kappa shape index (κ3) is 4.56. The summed E-state index contributed by atoms with van der Waals surface area (Å²) >= 11 is 6.46. The maximum absolute atomic E-state index is 12.1. The Kier molecular flexibility index (Phi) is 6.24. The number of aryl methyl sites for hydroxylation is 1. The smallest absolute Gasteiger partial charge is 0.230 e. The van der Waals surface area contributed by atoms with Crippen LogP contribution in [-0.4, -0.2) is 50.0 Å². The third-order valence-electron chi connectivity index (χ3n) is 6.40. The number of halogens is 1. The van der Waals surface area contributed by atoms with Gasteiger partial charge in [0.15, 0.2) is 5.78 Å². The first-order valence-corrected chi connectivity index (χ1v) is 11.7. The van der Waals surface area contributed by atoms with Gasteiger partial charge >= 0.3 is 0 Å². The molecule has 0 amide bonds. The van der Waals surface area contributed by atoms with Gasteiger partial charge in [-0.25, -0.2) is 0 Å². The van der Waals surface area contributed by atoms with Crippen LogP contribution in [0.1, 0.15) is 48.4 Å². The third-order valence-corrected chi connectivity index (χ3v) is 6.71. The molecule has 1 aliphatic rings. The predicted molar refractivity (Wildman–Crippen MR) is 128 cm³/mol. The van der Waals surface area contributed by atoms with Crippen LogP contribution in [0.25, 0.3) is 22.3 Å². The number of ketones is 1. The summed E-state index contributed by atoms with van der Waals surface area (Å²) in [6.07, 6.45) is 8.42. The zero-order valence-electron chi connectivity index (χ0n) is 18.6. The van der Waals surface area contributed by atoms with Gasteiger partial charge < -0.3 is 14.0 Å². The summed E-state index contributed by atoms with van der Waals surface area (Å²) in [5, 5.41) is 5.75. The van der Waals surface area contributed by atoms with E-state index in [1.807, 2.05) is 36.5 Å². The predicted octanol–water partition coefficient (Wildman–Crippen LogP) is 5.21. The molecule has 1 aromatic carbocycles. The molecule has 1 aliphatic heterocycles. The molecule has 4 heterocycles. The van der Waals surface area contributed by atoms with Gasteiger partial charge in [-0.1, -0.05) is 28.9 Å². The minimum Gasteiger partial charge on any atom is -0.345 e. The van der Waals surface area contributed by atoms with E-state index < -0.39 is 0 Å². The zero-order chi connectivity index (χ0) is 22.8. The van der Waals surface area contributed by atoms with Crippen molar-refractivity contribution in [2.75, 3.05) is 19.6 Å². The van der Waals surface area contributed by atoms with Crippen LogP contribution in [0, 0.1) is 0 Å². The van der Waals surface area contributed by atoms with Crippen LogP contribution >= 0.6 is 11.6 Å². The van der Waals surface area contributed by atoms with Crippen molar-refractivity contribution in [3.8, 4) is 11.4 Å². The maximum atomic E-state index is 12.1. The quantitative estimate of drug-likeness (QED) is 0.350. The molecule has 1 saturated heterocycles. The molecule has 1 fully saturated rings. The Hall–Kier alpha value is -3.03. The highest BCUT2D eigenvalue weighted by Crippen LogP contribution is 2.30. The number of carbonyl (C=O) groups is 1. The van der Waals surface area contributed by atoms with Crippen molar-refractivity contribution in [3.63, 3.8) is 0 Å². The molecule has 0 spiro atoms. The Balaban J connectivity index is 1.16. The Morgan fingerprint density at radius 3 is 2.79 bits per heavy atom. The molecule has 0 N–H and O–H groups in total. The van der Waals surface area contributed by atoms with Gasteiger partial charge in [-0.3, -0.25) is 9.78 Å². The number of Topliss-reactive ketones (excluding diaryl/α,β-unsaturated/α-hetero) is 1. The molecule has 5 rings (SSSR count). The summed E-state index contributed by atoms with van der Waals surface area (Å²) in [6.45, 7) is 5.43. The molecule has 7 nitrogen and oxygen atoms in total. The SMILES string of the molecule is CC(=O)c1cn(CCCN2CCC(c3nc(-c4cccnc4)no3)CC2)c2c(Cl)cccc12. The summed E-state index contributed by atoms with van der Waals surface area (Å²) in [7, 11) is 0. The van der Waals surface area contributed by atoms with E-state index in [4.69, 9.17) is 16.1 Å². The van der Waals surface area contributed by atoms with Crippen LogP contribution in [0.4, 0.5) is 0 Å². The van der Waals surface area contributed by atoms with Gasteiger partial charge in [-0.2, -0.15) is 4.98 Å². The van der Waals surface area contributed by atoms with Gasteiger partial charge in [0.05, 0.1) is 10.5 Å². The van der Waals surface area contributed by atoms with Gasteiger partial charge in [-0.15, -0.1) is 0 Å². The van der Waals surface area contributed by atoms with Crippen LogP contribution < -0.4 is 0 Å². The van der Waals surface area contributed by atoms with Gasteiger partial charge in [0, 0.05) is 47.6 Å². The Morgan fingerprint density at radius 2 is 2.03 bits per heavy atom. The zero-order valence-corrected chi connectivity index (χ0v) is 19.3. The lowest BCUT2D eigenvalue weighted by Gasteiger charge is -2.30. The van der Waals surface area contributed by atoms with E-state index >= 15 is 0 Å². The highest BCUT2D eigenvalue weighted by atomic mass is 35.5. The topological polar surface area (TPSA) is 77.1 Å². The summed E-state index contributed by atoms with van der Waals surface area (Å²) < 4.78 is 7.68. The van der Waals surface area contributed by atoms with E-state index in [9.17, 15) is 4.79 Å². The number of hydrogen-bond donors (Lipinski definition) is 0. The number of hydrogen-bond acceptors (Lipinski definition) is 6. The van der Waals surface area contributed by atoms with Gasteiger partial charge in [0.1, 0.15) is 0 Å². The van der Waals surface area contributed by atoms with Crippen molar-refractivity contribution in [1.29, 1.82) is 0 Å². The first-order chi connectivity index (χ1) is 16.1. The first-order valence-electron chi connectivity index (χ1n) is 11.3. The van der Waals surface area contributed by atoms with Crippen LogP contribution in [-0.2, 0) is 6.54 Å². The molecular formula is C25H26ClN5O2. The number of carbonyl (C=O) groups excluding carboxylic acids is 1. The van der Waals surface area contributed by atoms with E-state index in [0.29, 0.717) is 16.8 Å².